The van der Waals surface area contributed by atoms with Gasteiger partial charge < -0.3 is 9.47 Å². The number of fused-ring (bicyclic) bond motifs is 1. The van der Waals surface area contributed by atoms with Gasteiger partial charge in [-0.15, -0.1) is 11.3 Å². The molecule has 5 nitrogen and oxygen atoms in total. The Morgan fingerprint density at radius 2 is 1.62 bits per heavy atom. The molecular formula is C21H19Br2NO4S. The van der Waals surface area contributed by atoms with Crippen LogP contribution in [-0.2, 0) is 9.59 Å². The van der Waals surface area contributed by atoms with E-state index in [0.717, 1.165) is 20.9 Å². The zero-order chi connectivity index (χ0) is 20.6. The molecule has 3 rings (SSSR count). The topological polar surface area (TPSA) is 65.5 Å². The number of esters is 2. The summed E-state index contributed by atoms with van der Waals surface area (Å²) >= 11 is 8.12. The third-order valence-corrected chi connectivity index (χ3v) is 6.15. The van der Waals surface area contributed by atoms with Gasteiger partial charge in [0, 0.05) is 23.5 Å². The molecule has 0 amide bonds. The van der Waals surface area contributed by atoms with Crippen LogP contribution in [0.2, 0.25) is 0 Å². The van der Waals surface area contributed by atoms with Crippen molar-refractivity contribution in [2.24, 2.45) is 0 Å². The van der Waals surface area contributed by atoms with E-state index in [2.05, 4.69) is 36.8 Å². The van der Waals surface area contributed by atoms with Gasteiger partial charge in [0.2, 0.25) is 0 Å². The lowest BCUT2D eigenvalue weighted by Crippen LogP contribution is -2.10. The Morgan fingerprint density at radius 1 is 0.931 bits per heavy atom. The lowest BCUT2D eigenvalue weighted by Gasteiger charge is -2.11. The number of aromatic nitrogens is 1. The summed E-state index contributed by atoms with van der Waals surface area (Å²) in [7, 11) is 0. The van der Waals surface area contributed by atoms with Crippen molar-refractivity contribution >= 4 is 65.4 Å². The number of carbonyl (C=O) groups excluding carboxylic acids is 2. The molecule has 0 unspecified atom stereocenters. The fourth-order valence-corrected chi connectivity index (χ4v) is 4.14. The number of nitrogens with zero attached hydrogens (tertiary/aromatic N) is 1. The SMILES string of the molecule is O=C(CCCBr)Oc1ccc(OC(=O)CCCBr)c(-c2nc3ccccc3s2)c1. The predicted molar refractivity (Wildman–Crippen MR) is 122 cm³/mol. The molecule has 2 aromatic carbocycles. The number of hydrogen-bond acceptors (Lipinski definition) is 6. The highest BCUT2D eigenvalue weighted by Gasteiger charge is 2.17. The first-order valence-electron chi connectivity index (χ1n) is 9.14. The van der Waals surface area contributed by atoms with E-state index in [1.54, 1.807) is 18.2 Å². The van der Waals surface area contributed by atoms with Crippen molar-refractivity contribution in [3.8, 4) is 22.1 Å². The van der Waals surface area contributed by atoms with Gasteiger partial charge >= 0.3 is 11.9 Å². The Balaban J connectivity index is 1.92. The number of carbonyl (C=O) groups is 2. The van der Waals surface area contributed by atoms with Crippen LogP contribution < -0.4 is 9.47 Å². The third kappa shape index (κ3) is 6.10. The molecule has 8 heteroatoms. The fraction of sp³-hybridized carbons (Fsp3) is 0.286. The second-order valence-electron chi connectivity index (χ2n) is 6.18. The summed E-state index contributed by atoms with van der Waals surface area (Å²) in [5, 5.41) is 2.17. The zero-order valence-corrected chi connectivity index (χ0v) is 19.5. The Bertz CT molecular complexity index is 972. The lowest BCUT2D eigenvalue weighted by atomic mass is 10.2. The second kappa shape index (κ2) is 10.8. The van der Waals surface area contributed by atoms with E-state index in [9.17, 15) is 9.59 Å². The van der Waals surface area contributed by atoms with Crippen molar-refractivity contribution in [3.63, 3.8) is 0 Å². The molecule has 0 aliphatic heterocycles. The number of alkyl halides is 2. The monoisotopic (exact) mass is 539 g/mol. The van der Waals surface area contributed by atoms with Gasteiger partial charge in [-0.2, -0.15) is 0 Å². The van der Waals surface area contributed by atoms with Crippen LogP contribution in [0.1, 0.15) is 25.7 Å². The van der Waals surface area contributed by atoms with Crippen molar-refractivity contribution in [2.75, 3.05) is 10.7 Å². The highest BCUT2D eigenvalue weighted by molar-refractivity contribution is 9.09. The maximum atomic E-state index is 12.2. The van der Waals surface area contributed by atoms with Crippen LogP contribution in [0.25, 0.3) is 20.8 Å². The van der Waals surface area contributed by atoms with Crippen LogP contribution in [0.3, 0.4) is 0 Å². The van der Waals surface area contributed by atoms with Crippen LogP contribution in [0, 0.1) is 0 Å². The predicted octanol–water partition coefficient (Wildman–Crippen LogP) is 6.12. The molecule has 1 heterocycles. The van der Waals surface area contributed by atoms with E-state index < -0.39 is 0 Å². The minimum absolute atomic E-state index is 0.304. The molecule has 1 aromatic heterocycles. The summed E-state index contributed by atoms with van der Waals surface area (Å²) in [6.45, 7) is 0. The van der Waals surface area contributed by atoms with Gasteiger partial charge in [-0.1, -0.05) is 44.0 Å². The Labute approximate surface area is 189 Å². The van der Waals surface area contributed by atoms with E-state index in [-0.39, 0.29) is 11.9 Å². The minimum atomic E-state index is -0.311. The standard InChI is InChI=1S/C21H19Br2NO4S/c22-11-3-7-19(25)27-14-9-10-17(28-20(26)8-4-12-23)15(13-14)21-24-16-5-1-2-6-18(16)29-21/h1-2,5-6,9-10,13H,3-4,7-8,11-12H2. The molecule has 0 bridgehead atoms. The van der Waals surface area contributed by atoms with E-state index >= 15 is 0 Å². The highest BCUT2D eigenvalue weighted by Crippen LogP contribution is 2.38. The number of benzene rings is 2. The van der Waals surface area contributed by atoms with Gasteiger partial charge in [0.1, 0.15) is 16.5 Å². The molecule has 152 valence electrons. The van der Waals surface area contributed by atoms with Crippen LogP contribution in [0.4, 0.5) is 0 Å². The van der Waals surface area contributed by atoms with E-state index in [1.807, 2.05) is 24.3 Å². The molecule has 29 heavy (non-hydrogen) atoms. The van der Waals surface area contributed by atoms with Gasteiger partial charge in [-0.25, -0.2) is 4.98 Å². The molecule has 0 fully saturated rings. The number of ether oxygens (including phenoxy) is 2. The van der Waals surface area contributed by atoms with E-state index in [4.69, 9.17) is 9.47 Å². The summed E-state index contributed by atoms with van der Waals surface area (Å²) in [4.78, 5) is 28.8. The molecule has 0 saturated heterocycles. The van der Waals surface area contributed by atoms with Gasteiger partial charge in [-0.3, -0.25) is 9.59 Å². The maximum Gasteiger partial charge on any atom is 0.311 e. The highest BCUT2D eigenvalue weighted by atomic mass is 79.9. The van der Waals surface area contributed by atoms with E-state index in [0.29, 0.717) is 47.8 Å². The molecule has 3 aromatic rings. The Kier molecular flexibility index (Phi) is 8.20. The van der Waals surface area contributed by atoms with Crippen LogP contribution in [0.15, 0.2) is 42.5 Å². The molecule has 0 aliphatic carbocycles. The average molecular weight is 541 g/mol. The number of halogens is 2. The van der Waals surface area contributed by atoms with Crippen molar-refractivity contribution in [1.82, 2.24) is 4.98 Å². The lowest BCUT2D eigenvalue weighted by molar-refractivity contribution is -0.135. The molecule has 0 N–H and O–H groups in total. The number of thiazole rings is 1. The van der Waals surface area contributed by atoms with Crippen molar-refractivity contribution < 1.29 is 19.1 Å². The van der Waals surface area contributed by atoms with Crippen LogP contribution in [-0.4, -0.2) is 27.6 Å². The number of para-hydroxylation sites is 1. The van der Waals surface area contributed by atoms with Gasteiger partial charge in [-0.05, 0) is 43.2 Å². The quantitative estimate of drug-likeness (QED) is 0.186. The Hall–Kier alpha value is -1.77. The first-order valence-corrected chi connectivity index (χ1v) is 12.2. The molecular weight excluding hydrogens is 522 g/mol. The van der Waals surface area contributed by atoms with Crippen LogP contribution in [0.5, 0.6) is 11.5 Å². The van der Waals surface area contributed by atoms with Crippen molar-refractivity contribution in [2.45, 2.75) is 25.7 Å². The molecule has 0 atom stereocenters. The summed E-state index contributed by atoms with van der Waals surface area (Å²) in [5.74, 6) is 0.193. The molecule has 0 saturated carbocycles. The smallest absolute Gasteiger partial charge is 0.311 e. The first kappa shape index (κ1) is 21.9. The second-order valence-corrected chi connectivity index (χ2v) is 8.79. The summed E-state index contributed by atoms with van der Waals surface area (Å²) in [5.41, 5.74) is 1.49. The summed E-state index contributed by atoms with van der Waals surface area (Å²) < 4.78 is 12.1. The van der Waals surface area contributed by atoms with Gasteiger partial charge in [0.05, 0.1) is 15.8 Å². The number of hydrogen-bond donors (Lipinski definition) is 0. The van der Waals surface area contributed by atoms with Crippen molar-refractivity contribution in [1.29, 1.82) is 0 Å². The third-order valence-electron chi connectivity index (χ3n) is 3.96. The number of rotatable bonds is 9. The van der Waals surface area contributed by atoms with E-state index in [1.165, 1.54) is 11.3 Å². The normalized spacial score (nSPS) is 10.8. The summed E-state index contributed by atoms with van der Waals surface area (Å²) in [6, 6.07) is 12.8. The van der Waals surface area contributed by atoms with Crippen molar-refractivity contribution in [3.05, 3.63) is 42.5 Å². The average Bonchev–Trinajstić information content (AvgIpc) is 3.16. The minimum Gasteiger partial charge on any atom is -0.427 e. The van der Waals surface area contributed by atoms with Gasteiger partial charge in [0.25, 0.3) is 0 Å². The zero-order valence-electron chi connectivity index (χ0n) is 15.5. The molecule has 0 radical (unpaired) electrons. The largest absolute Gasteiger partial charge is 0.427 e. The Morgan fingerprint density at radius 3 is 2.31 bits per heavy atom. The first-order chi connectivity index (χ1) is 14.1. The fourth-order valence-electron chi connectivity index (χ4n) is 2.59. The molecule has 0 spiro atoms. The maximum absolute atomic E-state index is 12.2. The summed E-state index contributed by atoms with van der Waals surface area (Å²) in [6.07, 6.45) is 2.03. The van der Waals surface area contributed by atoms with Crippen LogP contribution >= 0.6 is 43.2 Å². The molecule has 0 aliphatic rings. The van der Waals surface area contributed by atoms with Gasteiger partial charge in [0.15, 0.2) is 0 Å².